The first-order valence-corrected chi connectivity index (χ1v) is 8.61. The Morgan fingerprint density at radius 2 is 1.57 bits per heavy atom. The lowest BCUT2D eigenvalue weighted by Crippen LogP contribution is -1.93. The fourth-order valence-corrected chi connectivity index (χ4v) is 2.80. The van der Waals surface area contributed by atoms with Gasteiger partial charge >= 0.3 is 0 Å². The number of benzene rings is 2. The molecule has 0 heterocycles. The Hall–Kier alpha value is -1.67. The zero-order valence-electron chi connectivity index (χ0n) is 14.3. The highest BCUT2D eigenvalue weighted by atomic mass is 19.1. The minimum Gasteiger partial charge on any atom is -0.385 e. The van der Waals surface area contributed by atoms with Crippen LogP contribution in [0, 0.1) is 5.82 Å². The van der Waals surface area contributed by atoms with E-state index in [0.717, 1.165) is 43.4 Å². The van der Waals surface area contributed by atoms with Gasteiger partial charge in [0.15, 0.2) is 0 Å². The number of hydrogen-bond acceptors (Lipinski definition) is 1. The highest BCUT2D eigenvalue weighted by Gasteiger charge is 2.06. The van der Waals surface area contributed by atoms with Crippen LogP contribution >= 0.6 is 0 Å². The van der Waals surface area contributed by atoms with Crippen molar-refractivity contribution >= 4 is 0 Å². The summed E-state index contributed by atoms with van der Waals surface area (Å²) in [6, 6.07) is 13.8. The minimum absolute atomic E-state index is 0.119. The Kier molecular flexibility index (Phi) is 7.28. The number of rotatable bonds is 9. The van der Waals surface area contributed by atoms with Crippen molar-refractivity contribution < 1.29 is 9.13 Å². The predicted molar refractivity (Wildman–Crippen MR) is 95.3 cm³/mol. The summed E-state index contributed by atoms with van der Waals surface area (Å²) in [5, 5.41) is 0. The van der Waals surface area contributed by atoms with Gasteiger partial charge in [-0.25, -0.2) is 4.39 Å². The van der Waals surface area contributed by atoms with Crippen LogP contribution in [0.5, 0.6) is 0 Å². The van der Waals surface area contributed by atoms with Crippen LogP contribution in [0.25, 0.3) is 11.1 Å². The maximum Gasteiger partial charge on any atom is 0.131 e. The first kappa shape index (κ1) is 17.7. The van der Waals surface area contributed by atoms with E-state index in [0.29, 0.717) is 5.56 Å². The summed E-state index contributed by atoms with van der Waals surface area (Å²) < 4.78 is 19.4. The van der Waals surface area contributed by atoms with Gasteiger partial charge < -0.3 is 4.74 Å². The van der Waals surface area contributed by atoms with Crippen LogP contribution in [0.3, 0.4) is 0 Å². The first-order chi connectivity index (χ1) is 11.2. The van der Waals surface area contributed by atoms with Gasteiger partial charge in [-0.05, 0) is 48.4 Å². The molecule has 0 bridgehead atoms. The zero-order valence-corrected chi connectivity index (χ0v) is 14.3. The van der Waals surface area contributed by atoms with E-state index in [1.807, 2.05) is 18.2 Å². The average Bonchev–Trinajstić information content (AvgIpc) is 2.56. The van der Waals surface area contributed by atoms with Gasteiger partial charge in [0.2, 0.25) is 0 Å². The van der Waals surface area contributed by atoms with Gasteiger partial charge in [0, 0.05) is 19.3 Å². The minimum atomic E-state index is -0.119. The largest absolute Gasteiger partial charge is 0.385 e. The van der Waals surface area contributed by atoms with Gasteiger partial charge in [-0.2, -0.15) is 0 Å². The van der Waals surface area contributed by atoms with Crippen LogP contribution in [-0.4, -0.2) is 13.7 Å². The topological polar surface area (TPSA) is 9.23 Å². The molecular weight excluding hydrogens is 287 g/mol. The molecule has 0 aromatic heterocycles. The van der Waals surface area contributed by atoms with Crippen LogP contribution in [0.1, 0.15) is 43.7 Å². The highest BCUT2D eigenvalue weighted by Crippen LogP contribution is 2.25. The molecule has 2 rings (SSSR count). The lowest BCUT2D eigenvalue weighted by molar-refractivity contribution is 0.195. The molecule has 0 spiro atoms. The first-order valence-electron chi connectivity index (χ1n) is 8.61. The molecule has 0 unspecified atom stereocenters. The van der Waals surface area contributed by atoms with Gasteiger partial charge in [-0.15, -0.1) is 0 Å². The zero-order chi connectivity index (χ0) is 16.5. The van der Waals surface area contributed by atoms with Crippen LogP contribution < -0.4 is 0 Å². The van der Waals surface area contributed by atoms with Crippen LogP contribution in [0.2, 0.25) is 0 Å². The third-order valence-corrected chi connectivity index (χ3v) is 4.18. The molecule has 0 saturated carbocycles. The van der Waals surface area contributed by atoms with Crippen molar-refractivity contribution in [1.82, 2.24) is 0 Å². The fourth-order valence-electron chi connectivity index (χ4n) is 2.80. The molecule has 1 nitrogen and oxygen atoms in total. The summed E-state index contributed by atoms with van der Waals surface area (Å²) in [6.45, 7) is 2.96. The Morgan fingerprint density at radius 3 is 2.22 bits per heavy atom. The summed E-state index contributed by atoms with van der Waals surface area (Å²) >= 11 is 0. The average molecular weight is 314 g/mol. The van der Waals surface area contributed by atoms with E-state index in [4.69, 9.17) is 4.74 Å². The van der Waals surface area contributed by atoms with E-state index in [1.54, 1.807) is 13.2 Å². The van der Waals surface area contributed by atoms with Crippen LogP contribution in [-0.2, 0) is 17.6 Å². The molecule has 23 heavy (non-hydrogen) atoms. The molecule has 2 aromatic rings. The Bertz CT molecular complexity index is 589. The number of aryl methyl sites for hydroxylation is 2. The summed E-state index contributed by atoms with van der Waals surface area (Å²) in [7, 11) is 1.72. The van der Waals surface area contributed by atoms with Crippen molar-refractivity contribution in [3.63, 3.8) is 0 Å². The van der Waals surface area contributed by atoms with Crippen molar-refractivity contribution in [2.45, 2.75) is 45.4 Å². The third kappa shape index (κ3) is 5.47. The van der Waals surface area contributed by atoms with E-state index in [2.05, 4.69) is 25.1 Å². The van der Waals surface area contributed by atoms with Crippen LogP contribution in [0.4, 0.5) is 4.39 Å². The second-order valence-electron chi connectivity index (χ2n) is 6.06. The quantitative estimate of drug-likeness (QED) is 0.531. The molecule has 0 fully saturated rings. The third-order valence-electron chi connectivity index (χ3n) is 4.18. The predicted octanol–water partition coefficient (Wildman–Crippen LogP) is 5.80. The molecule has 0 atom stereocenters. The van der Waals surface area contributed by atoms with E-state index < -0.39 is 0 Å². The van der Waals surface area contributed by atoms with Crippen LogP contribution in [0.15, 0.2) is 42.5 Å². The molecule has 124 valence electrons. The molecule has 0 aliphatic heterocycles. The summed E-state index contributed by atoms with van der Waals surface area (Å²) in [4.78, 5) is 0. The Morgan fingerprint density at radius 1 is 0.870 bits per heavy atom. The lowest BCUT2D eigenvalue weighted by atomic mass is 9.99. The van der Waals surface area contributed by atoms with Crippen molar-refractivity contribution in [2.24, 2.45) is 0 Å². The van der Waals surface area contributed by atoms with Gasteiger partial charge in [-0.1, -0.05) is 56.2 Å². The Labute approximate surface area is 139 Å². The maximum atomic E-state index is 14.4. The van der Waals surface area contributed by atoms with E-state index in [-0.39, 0.29) is 5.82 Å². The number of hydrogen-bond donors (Lipinski definition) is 0. The molecule has 0 aliphatic carbocycles. The second-order valence-corrected chi connectivity index (χ2v) is 6.06. The lowest BCUT2D eigenvalue weighted by Gasteiger charge is -2.08. The fraction of sp³-hybridized carbons (Fsp3) is 0.429. The molecular formula is C21H27FO. The standard InChI is InChI=1S/C21H27FO/c1-3-4-5-7-18-11-14-20(21(22)16-18)19-12-9-17(10-13-19)8-6-15-23-2/h9-14,16H,3-8,15H2,1-2H3. The SMILES string of the molecule is CCCCCc1ccc(-c2ccc(CCCOC)cc2)c(F)c1. The van der Waals surface area contributed by atoms with Gasteiger partial charge in [-0.3, -0.25) is 0 Å². The number of unbranched alkanes of at least 4 members (excludes halogenated alkanes) is 2. The molecule has 2 heteroatoms. The maximum absolute atomic E-state index is 14.4. The van der Waals surface area contributed by atoms with E-state index >= 15 is 0 Å². The van der Waals surface area contributed by atoms with Crippen molar-refractivity contribution in [1.29, 1.82) is 0 Å². The van der Waals surface area contributed by atoms with Gasteiger partial charge in [0.1, 0.15) is 5.82 Å². The monoisotopic (exact) mass is 314 g/mol. The highest BCUT2D eigenvalue weighted by molar-refractivity contribution is 5.64. The second kappa shape index (κ2) is 9.46. The number of ether oxygens (including phenoxy) is 1. The molecule has 2 aromatic carbocycles. The van der Waals surface area contributed by atoms with Gasteiger partial charge in [0.05, 0.1) is 0 Å². The smallest absolute Gasteiger partial charge is 0.131 e. The molecule has 0 saturated heterocycles. The van der Waals surface area contributed by atoms with E-state index in [1.165, 1.54) is 18.4 Å². The molecule has 0 aliphatic rings. The molecule has 0 radical (unpaired) electrons. The van der Waals surface area contributed by atoms with Crippen molar-refractivity contribution in [3.05, 3.63) is 59.4 Å². The summed E-state index contributed by atoms with van der Waals surface area (Å²) in [5.74, 6) is -0.119. The van der Waals surface area contributed by atoms with E-state index in [9.17, 15) is 4.39 Å². The molecule has 0 amide bonds. The van der Waals surface area contributed by atoms with Crippen molar-refractivity contribution in [3.8, 4) is 11.1 Å². The number of halogens is 1. The number of methoxy groups -OCH3 is 1. The Balaban J connectivity index is 2.03. The van der Waals surface area contributed by atoms with Crippen molar-refractivity contribution in [2.75, 3.05) is 13.7 Å². The van der Waals surface area contributed by atoms with Gasteiger partial charge in [0.25, 0.3) is 0 Å². The normalized spacial score (nSPS) is 10.9. The summed E-state index contributed by atoms with van der Waals surface area (Å²) in [5.41, 5.74) is 3.99. The molecule has 0 N–H and O–H groups in total. The summed E-state index contributed by atoms with van der Waals surface area (Å²) in [6.07, 6.45) is 6.49.